The molecule has 2 aromatic rings. The van der Waals surface area contributed by atoms with Crippen LogP contribution in [0.5, 0.6) is 5.75 Å². The molecule has 0 aliphatic rings. The van der Waals surface area contributed by atoms with Gasteiger partial charge in [0, 0.05) is 6.08 Å². The predicted octanol–water partition coefficient (Wildman–Crippen LogP) is 4.62. The van der Waals surface area contributed by atoms with E-state index in [2.05, 4.69) is 12.6 Å². The summed E-state index contributed by atoms with van der Waals surface area (Å²) in [6.07, 6.45) is 6.74. The van der Waals surface area contributed by atoms with Crippen molar-refractivity contribution in [3.8, 4) is 11.8 Å². The van der Waals surface area contributed by atoms with Gasteiger partial charge in [-0.1, -0.05) is 43.0 Å². The SMILES string of the molecule is C=CC(=O)OCCCCOc1ccc(/C=C/c2ccc(C#N)cc2)cc1. The molecule has 26 heavy (non-hydrogen) atoms. The zero-order valence-electron chi connectivity index (χ0n) is 14.6. The molecule has 0 aromatic heterocycles. The van der Waals surface area contributed by atoms with Crippen LogP contribution in [0, 0.1) is 11.3 Å². The van der Waals surface area contributed by atoms with Crippen molar-refractivity contribution in [2.75, 3.05) is 13.2 Å². The first-order chi connectivity index (χ1) is 12.7. The minimum atomic E-state index is -0.393. The minimum absolute atomic E-state index is 0.382. The molecule has 2 rings (SSSR count). The average molecular weight is 347 g/mol. The molecule has 0 aliphatic heterocycles. The van der Waals surface area contributed by atoms with Crippen molar-refractivity contribution in [1.82, 2.24) is 0 Å². The van der Waals surface area contributed by atoms with Crippen LogP contribution in [-0.2, 0) is 9.53 Å². The maximum absolute atomic E-state index is 10.9. The van der Waals surface area contributed by atoms with E-state index in [4.69, 9.17) is 14.7 Å². The number of hydrogen-bond donors (Lipinski definition) is 0. The summed E-state index contributed by atoms with van der Waals surface area (Å²) in [5.74, 6) is 0.416. The fraction of sp³-hybridized carbons (Fsp3) is 0.182. The second kappa shape index (κ2) is 10.5. The molecule has 0 saturated heterocycles. The van der Waals surface area contributed by atoms with Crippen LogP contribution >= 0.6 is 0 Å². The van der Waals surface area contributed by atoms with Crippen LogP contribution in [0.4, 0.5) is 0 Å². The van der Waals surface area contributed by atoms with E-state index in [1.165, 1.54) is 0 Å². The van der Waals surface area contributed by atoms with Gasteiger partial charge in [0.2, 0.25) is 0 Å². The molecule has 2 aromatic carbocycles. The fourth-order valence-corrected chi connectivity index (χ4v) is 2.16. The van der Waals surface area contributed by atoms with Gasteiger partial charge in [-0.3, -0.25) is 0 Å². The molecule has 132 valence electrons. The summed E-state index contributed by atoms with van der Waals surface area (Å²) in [6.45, 7) is 4.30. The van der Waals surface area contributed by atoms with Crippen molar-refractivity contribution in [3.63, 3.8) is 0 Å². The summed E-state index contributed by atoms with van der Waals surface area (Å²) >= 11 is 0. The maximum Gasteiger partial charge on any atom is 0.330 e. The lowest BCUT2D eigenvalue weighted by atomic mass is 10.1. The van der Waals surface area contributed by atoms with Crippen LogP contribution < -0.4 is 4.74 Å². The predicted molar refractivity (Wildman–Crippen MR) is 102 cm³/mol. The van der Waals surface area contributed by atoms with Crippen LogP contribution in [0.25, 0.3) is 12.2 Å². The molecule has 0 saturated carbocycles. The molecule has 0 spiro atoms. The smallest absolute Gasteiger partial charge is 0.330 e. The topological polar surface area (TPSA) is 59.3 Å². The molecular weight excluding hydrogens is 326 g/mol. The van der Waals surface area contributed by atoms with Gasteiger partial charge < -0.3 is 9.47 Å². The van der Waals surface area contributed by atoms with Gasteiger partial charge in [-0.15, -0.1) is 0 Å². The Morgan fingerprint density at radius 3 is 2.12 bits per heavy atom. The first-order valence-electron chi connectivity index (χ1n) is 8.41. The van der Waals surface area contributed by atoms with E-state index < -0.39 is 5.97 Å². The third-order valence-corrected chi connectivity index (χ3v) is 3.61. The van der Waals surface area contributed by atoms with E-state index in [0.717, 1.165) is 35.8 Å². The number of carbonyl (C=O) groups excluding carboxylic acids is 1. The van der Waals surface area contributed by atoms with E-state index in [0.29, 0.717) is 18.8 Å². The highest BCUT2D eigenvalue weighted by atomic mass is 16.5. The molecule has 0 radical (unpaired) electrons. The number of benzene rings is 2. The number of unbranched alkanes of at least 4 members (excludes halogenated alkanes) is 1. The van der Waals surface area contributed by atoms with E-state index in [1.807, 2.05) is 48.6 Å². The molecule has 0 unspecified atom stereocenters. The first-order valence-corrected chi connectivity index (χ1v) is 8.41. The molecule has 0 aliphatic carbocycles. The molecule has 0 bridgehead atoms. The normalized spacial score (nSPS) is 10.3. The summed E-state index contributed by atoms with van der Waals surface area (Å²) in [5, 5.41) is 8.80. The van der Waals surface area contributed by atoms with Gasteiger partial charge in [-0.05, 0) is 48.2 Å². The van der Waals surface area contributed by atoms with E-state index in [1.54, 1.807) is 12.1 Å². The van der Waals surface area contributed by atoms with Crippen molar-refractivity contribution in [2.24, 2.45) is 0 Å². The monoisotopic (exact) mass is 347 g/mol. The summed E-state index contributed by atoms with van der Waals surface area (Å²) in [7, 11) is 0. The van der Waals surface area contributed by atoms with Crippen LogP contribution in [-0.4, -0.2) is 19.2 Å². The van der Waals surface area contributed by atoms with Crippen molar-refractivity contribution in [2.45, 2.75) is 12.8 Å². The Morgan fingerprint density at radius 2 is 1.54 bits per heavy atom. The molecule has 0 amide bonds. The standard InChI is InChI=1S/C22H21NO3/c1-2-22(24)26-16-4-3-15-25-21-13-11-19(12-14-21)6-5-18-7-9-20(17-23)10-8-18/h2,5-14H,1,3-4,15-16H2/b6-5+. The van der Waals surface area contributed by atoms with Crippen molar-refractivity contribution < 1.29 is 14.3 Å². The number of nitriles is 1. The van der Waals surface area contributed by atoms with Crippen LogP contribution in [0.3, 0.4) is 0 Å². The third kappa shape index (κ3) is 6.66. The van der Waals surface area contributed by atoms with Gasteiger partial charge in [-0.25, -0.2) is 4.79 Å². The minimum Gasteiger partial charge on any atom is -0.494 e. The molecule has 0 atom stereocenters. The molecule has 0 N–H and O–H groups in total. The number of rotatable bonds is 9. The quantitative estimate of drug-likeness (QED) is 0.287. The van der Waals surface area contributed by atoms with Gasteiger partial charge >= 0.3 is 5.97 Å². The first kappa shape index (κ1) is 19.0. The Balaban J connectivity index is 1.73. The molecule has 4 heteroatoms. The number of ether oxygens (including phenoxy) is 2. The third-order valence-electron chi connectivity index (χ3n) is 3.61. The van der Waals surface area contributed by atoms with Crippen molar-refractivity contribution in [3.05, 3.63) is 77.9 Å². The lowest BCUT2D eigenvalue weighted by molar-refractivity contribution is -0.137. The van der Waals surface area contributed by atoms with Crippen molar-refractivity contribution in [1.29, 1.82) is 5.26 Å². The molecule has 0 fully saturated rings. The van der Waals surface area contributed by atoms with Gasteiger partial charge in [0.05, 0.1) is 24.8 Å². The Bertz CT molecular complexity index is 784. The molecular formula is C22H21NO3. The summed E-state index contributed by atoms with van der Waals surface area (Å²) in [4.78, 5) is 10.9. The lowest BCUT2D eigenvalue weighted by Crippen LogP contribution is -2.04. The average Bonchev–Trinajstić information content (AvgIpc) is 2.70. The second-order valence-corrected chi connectivity index (χ2v) is 5.56. The van der Waals surface area contributed by atoms with E-state index in [9.17, 15) is 4.79 Å². The largest absolute Gasteiger partial charge is 0.494 e. The Kier molecular flexibility index (Phi) is 7.70. The van der Waals surface area contributed by atoms with E-state index >= 15 is 0 Å². The van der Waals surface area contributed by atoms with Crippen LogP contribution in [0.2, 0.25) is 0 Å². The lowest BCUT2D eigenvalue weighted by Gasteiger charge is -2.06. The Morgan fingerprint density at radius 1 is 0.962 bits per heavy atom. The number of esters is 1. The van der Waals surface area contributed by atoms with Gasteiger partial charge in [0.25, 0.3) is 0 Å². The highest BCUT2D eigenvalue weighted by Crippen LogP contribution is 2.15. The zero-order chi connectivity index (χ0) is 18.6. The van der Waals surface area contributed by atoms with E-state index in [-0.39, 0.29) is 0 Å². The Hall–Kier alpha value is -3.32. The van der Waals surface area contributed by atoms with Gasteiger partial charge in [0.15, 0.2) is 0 Å². The maximum atomic E-state index is 10.9. The highest BCUT2D eigenvalue weighted by molar-refractivity contribution is 5.81. The second-order valence-electron chi connectivity index (χ2n) is 5.56. The van der Waals surface area contributed by atoms with Crippen molar-refractivity contribution >= 4 is 18.1 Å². The number of hydrogen-bond acceptors (Lipinski definition) is 4. The summed E-state index contributed by atoms with van der Waals surface area (Å²) in [5.41, 5.74) is 2.77. The van der Waals surface area contributed by atoms with Gasteiger partial charge in [0.1, 0.15) is 5.75 Å². The van der Waals surface area contributed by atoms with Crippen LogP contribution in [0.15, 0.2) is 61.2 Å². The number of nitrogens with zero attached hydrogens (tertiary/aromatic N) is 1. The summed E-state index contributed by atoms with van der Waals surface area (Å²) in [6, 6.07) is 17.4. The molecule has 4 nitrogen and oxygen atoms in total. The van der Waals surface area contributed by atoms with Crippen LogP contribution in [0.1, 0.15) is 29.5 Å². The Labute approximate surface area is 154 Å². The van der Waals surface area contributed by atoms with Gasteiger partial charge in [-0.2, -0.15) is 5.26 Å². The summed E-state index contributed by atoms with van der Waals surface area (Å²) < 4.78 is 10.6. The fourth-order valence-electron chi connectivity index (χ4n) is 2.16. The zero-order valence-corrected chi connectivity index (χ0v) is 14.6. The highest BCUT2D eigenvalue weighted by Gasteiger charge is 1.97. The number of carbonyl (C=O) groups is 1. The molecule has 0 heterocycles.